The molecule has 0 aliphatic heterocycles. The number of hydrogen-bond donors (Lipinski definition) is 1. The van der Waals surface area contributed by atoms with Crippen molar-refractivity contribution >= 4 is 5.95 Å². The van der Waals surface area contributed by atoms with Gasteiger partial charge < -0.3 is 13.9 Å². The predicted molar refractivity (Wildman–Crippen MR) is 83.9 cm³/mol. The van der Waals surface area contributed by atoms with Crippen LogP contribution in [0.15, 0.2) is 9.05 Å². The topological polar surface area (TPSA) is 93.1 Å². The molecule has 126 valence electrons. The van der Waals surface area contributed by atoms with Crippen LogP contribution in [0.25, 0.3) is 0 Å². The van der Waals surface area contributed by atoms with E-state index in [-0.39, 0.29) is 5.54 Å². The minimum atomic E-state index is -0.277. The lowest BCUT2D eigenvalue weighted by Gasteiger charge is -2.30. The molecule has 1 saturated carbocycles. The molecule has 2 heterocycles. The van der Waals surface area contributed by atoms with Crippen molar-refractivity contribution in [2.45, 2.75) is 57.5 Å². The Morgan fingerprint density at radius 2 is 1.78 bits per heavy atom. The van der Waals surface area contributed by atoms with E-state index in [4.69, 9.17) is 9.05 Å². The molecule has 1 fully saturated rings. The predicted octanol–water partition coefficient (Wildman–Crippen LogP) is 2.17. The molecular weight excluding hydrogens is 296 g/mol. The van der Waals surface area contributed by atoms with Gasteiger partial charge in [-0.05, 0) is 18.0 Å². The second-order valence-corrected chi connectivity index (χ2v) is 6.37. The largest absolute Gasteiger partial charge is 0.344 e. The number of aryl methyl sites for hydroxylation is 1. The van der Waals surface area contributed by atoms with Crippen LogP contribution in [0.4, 0.5) is 5.95 Å². The molecule has 8 nitrogen and oxygen atoms in total. The van der Waals surface area contributed by atoms with Crippen LogP contribution in [-0.2, 0) is 12.1 Å². The molecule has 3 rings (SSSR count). The Morgan fingerprint density at radius 1 is 1.04 bits per heavy atom. The maximum atomic E-state index is 5.30. The first kappa shape index (κ1) is 15.9. The van der Waals surface area contributed by atoms with Gasteiger partial charge in [-0.25, -0.2) is 0 Å². The summed E-state index contributed by atoms with van der Waals surface area (Å²) >= 11 is 0. The Hall–Kier alpha value is -1.96. The summed E-state index contributed by atoms with van der Waals surface area (Å²) in [7, 11) is 3.77. The summed E-state index contributed by atoms with van der Waals surface area (Å²) in [4.78, 5) is 10.7. The molecule has 1 aliphatic rings. The highest BCUT2D eigenvalue weighted by molar-refractivity contribution is 5.23. The van der Waals surface area contributed by atoms with Crippen LogP contribution < -0.4 is 10.2 Å². The van der Waals surface area contributed by atoms with E-state index in [1.165, 1.54) is 12.8 Å². The lowest BCUT2D eigenvalue weighted by atomic mass is 9.89. The number of hydrogen-bond acceptors (Lipinski definition) is 8. The molecule has 0 spiro atoms. The van der Waals surface area contributed by atoms with Gasteiger partial charge in [-0.2, -0.15) is 9.97 Å². The summed E-state index contributed by atoms with van der Waals surface area (Å²) < 4.78 is 10.5. The third-order valence-electron chi connectivity index (χ3n) is 4.35. The van der Waals surface area contributed by atoms with Crippen molar-refractivity contribution in [3.05, 3.63) is 17.6 Å². The first-order valence-electron chi connectivity index (χ1n) is 8.15. The van der Waals surface area contributed by atoms with Gasteiger partial charge in [0.25, 0.3) is 5.95 Å². The van der Waals surface area contributed by atoms with Crippen LogP contribution in [0.5, 0.6) is 0 Å². The second-order valence-electron chi connectivity index (χ2n) is 6.37. The molecule has 0 atom stereocenters. The SMILES string of the molecule is Cc1nc(C2(NCc3nc(N(C)C)no3)CCCCCC2)no1. The monoisotopic (exact) mass is 320 g/mol. The van der Waals surface area contributed by atoms with Gasteiger partial charge in [-0.1, -0.05) is 30.8 Å². The molecule has 0 saturated heterocycles. The third-order valence-corrected chi connectivity index (χ3v) is 4.35. The van der Waals surface area contributed by atoms with E-state index in [1.54, 1.807) is 0 Å². The second kappa shape index (κ2) is 6.66. The number of rotatable bonds is 5. The fraction of sp³-hybridized carbons (Fsp3) is 0.733. The Bertz CT molecular complexity index is 627. The fourth-order valence-corrected chi connectivity index (χ4v) is 3.05. The van der Waals surface area contributed by atoms with Crippen molar-refractivity contribution in [3.8, 4) is 0 Å². The molecule has 2 aromatic rings. The summed E-state index contributed by atoms with van der Waals surface area (Å²) in [5, 5.41) is 11.7. The Morgan fingerprint density at radius 3 is 2.35 bits per heavy atom. The van der Waals surface area contributed by atoms with Crippen LogP contribution >= 0.6 is 0 Å². The lowest BCUT2D eigenvalue weighted by molar-refractivity contribution is 0.242. The summed E-state index contributed by atoms with van der Waals surface area (Å²) in [6.45, 7) is 2.32. The summed E-state index contributed by atoms with van der Waals surface area (Å²) in [5.41, 5.74) is -0.277. The van der Waals surface area contributed by atoms with Gasteiger partial charge in [0.15, 0.2) is 5.82 Å². The van der Waals surface area contributed by atoms with Crippen LogP contribution in [0, 0.1) is 6.92 Å². The minimum Gasteiger partial charge on any atom is -0.344 e. The van der Waals surface area contributed by atoms with Crippen LogP contribution in [0.3, 0.4) is 0 Å². The van der Waals surface area contributed by atoms with E-state index in [0.29, 0.717) is 24.3 Å². The Balaban J connectivity index is 1.78. The molecule has 0 unspecified atom stereocenters. The molecule has 2 aromatic heterocycles. The highest BCUT2D eigenvalue weighted by Crippen LogP contribution is 2.34. The smallest absolute Gasteiger partial charge is 0.265 e. The minimum absolute atomic E-state index is 0.277. The summed E-state index contributed by atoms with van der Waals surface area (Å²) in [6, 6.07) is 0. The molecule has 0 amide bonds. The van der Waals surface area contributed by atoms with E-state index in [1.807, 2.05) is 25.9 Å². The van der Waals surface area contributed by atoms with Gasteiger partial charge >= 0.3 is 0 Å². The standard InChI is InChI=1S/C15H24N6O2/c1-11-17-13(19-22-11)15(8-6-4-5-7-9-15)16-10-12-18-14(20-23-12)21(2)3/h16H,4-10H2,1-3H3. The van der Waals surface area contributed by atoms with Gasteiger partial charge in [0.05, 0.1) is 12.1 Å². The number of aromatic nitrogens is 4. The molecule has 0 aromatic carbocycles. The normalized spacial score (nSPS) is 17.9. The van der Waals surface area contributed by atoms with Gasteiger partial charge in [0, 0.05) is 21.0 Å². The maximum absolute atomic E-state index is 5.30. The van der Waals surface area contributed by atoms with E-state index in [2.05, 4.69) is 25.6 Å². The quantitative estimate of drug-likeness (QED) is 0.838. The van der Waals surface area contributed by atoms with Gasteiger partial charge in [-0.15, -0.1) is 0 Å². The zero-order chi connectivity index (χ0) is 16.3. The first-order chi connectivity index (χ1) is 11.1. The Kier molecular flexibility index (Phi) is 4.61. The fourth-order valence-electron chi connectivity index (χ4n) is 3.05. The number of anilines is 1. The molecule has 0 radical (unpaired) electrons. The van der Waals surface area contributed by atoms with Crippen LogP contribution in [0.2, 0.25) is 0 Å². The summed E-state index contributed by atoms with van der Waals surface area (Å²) in [6.07, 6.45) is 6.75. The van der Waals surface area contributed by atoms with Crippen molar-refractivity contribution in [2.75, 3.05) is 19.0 Å². The molecule has 1 aliphatic carbocycles. The summed E-state index contributed by atoms with van der Waals surface area (Å²) in [5.74, 6) is 2.48. The molecule has 1 N–H and O–H groups in total. The molecule has 8 heteroatoms. The van der Waals surface area contributed by atoms with Gasteiger partial charge in [0.1, 0.15) is 0 Å². The van der Waals surface area contributed by atoms with Crippen LogP contribution in [-0.4, -0.2) is 34.4 Å². The van der Waals surface area contributed by atoms with E-state index < -0.39 is 0 Å². The zero-order valence-corrected chi connectivity index (χ0v) is 14.0. The van der Waals surface area contributed by atoms with Crippen molar-refractivity contribution in [1.29, 1.82) is 0 Å². The number of nitrogens with zero attached hydrogens (tertiary/aromatic N) is 5. The average molecular weight is 320 g/mol. The average Bonchev–Trinajstić information content (AvgIpc) is 3.11. The molecule has 23 heavy (non-hydrogen) atoms. The van der Waals surface area contributed by atoms with Crippen molar-refractivity contribution < 1.29 is 9.05 Å². The highest BCUT2D eigenvalue weighted by Gasteiger charge is 2.37. The van der Waals surface area contributed by atoms with Crippen molar-refractivity contribution in [1.82, 2.24) is 25.6 Å². The molecular formula is C15H24N6O2. The van der Waals surface area contributed by atoms with Crippen LogP contribution in [0.1, 0.15) is 56.1 Å². The molecule has 0 bridgehead atoms. The van der Waals surface area contributed by atoms with Gasteiger partial charge in [-0.3, -0.25) is 5.32 Å². The maximum Gasteiger partial charge on any atom is 0.265 e. The third kappa shape index (κ3) is 3.52. The number of nitrogens with one attached hydrogen (secondary N) is 1. The zero-order valence-electron chi connectivity index (χ0n) is 14.0. The van der Waals surface area contributed by atoms with E-state index >= 15 is 0 Å². The van der Waals surface area contributed by atoms with Crippen molar-refractivity contribution in [2.24, 2.45) is 0 Å². The Labute approximate surface area is 135 Å². The van der Waals surface area contributed by atoms with Gasteiger partial charge in [0.2, 0.25) is 11.8 Å². The first-order valence-corrected chi connectivity index (χ1v) is 8.15. The van der Waals surface area contributed by atoms with E-state index in [9.17, 15) is 0 Å². The highest BCUT2D eigenvalue weighted by atomic mass is 16.5. The van der Waals surface area contributed by atoms with E-state index in [0.717, 1.165) is 31.5 Å². The van der Waals surface area contributed by atoms with Crippen molar-refractivity contribution in [3.63, 3.8) is 0 Å². The lowest BCUT2D eigenvalue weighted by Crippen LogP contribution is -2.42.